The third-order valence-electron chi connectivity index (χ3n) is 7.18. The quantitative estimate of drug-likeness (QED) is 0.440. The second-order valence-electron chi connectivity index (χ2n) is 10.0. The molecule has 2 aliphatic heterocycles. The number of benzene rings is 1. The molecule has 39 heavy (non-hydrogen) atoms. The number of halogens is 3. The lowest BCUT2D eigenvalue weighted by molar-refractivity contribution is -0.274. The first-order valence-electron chi connectivity index (χ1n) is 12.7. The summed E-state index contributed by atoms with van der Waals surface area (Å²) >= 11 is 1.61. The molecule has 1 unspecified atom stereocenters. The molecular weight excluding hydrogens is 553 g/mol. The highest BCUT2D eigenvalue weighted by Gasteiger charge is 2.32. The highest BCUT2D eigenvalue weighted by atomic mass is 32.2. The molecule has 1 atom stereocenters. The topological polar surface area (TPSA) is 91.8 Å². The number of aromatic nitrogens is 1. The van der Waals surface area contributed by atoms with Gasteiger partial charge in [0, 0.05) is 44.5 Å². The smallest absolute Gasteiger partial charge is 0.406 e. The number of alkyl halides is 3. The van der Waals surface area contributed by atoms with E-state index in [4.69, 9.17) is 4.98 Å². The molecule has 2 aliphatic rings. The first kappa shape index (κ1) is 27.5. The van der Waals surface area contributed by atoms with E-state index >= 15 is 0 Å². The number of nitrogens with zero attached hydrogens (tertiary/aromatic N) is 3. The minimum absolute atomic E-state index is 0.00363. The van der Waals surface area contributed by atoms with E-state index in [9.17, 15) is 26.4 Å². The third kappa shape index (κ3) is 6.75. The van der Waals surface area contributed by atoms with E-state index in [-0.39, 0.29) is 29.4 Å². The van der Waals surface area contributed by atoms with Gasteiger partial charge in [-0.15, -0.1) is 24.5 Å². The number of nitrogens with one attached hydrogen (secondary N) is 1. The summed E-state index contributed by atoms with van der Waals surface area (Å²) in [6.07, 6.45) is -1.44. The summed E-state index contributed by atoms with van der Waals surface area (Å²) in [5.74, 6) is 0.290. The summed E-state index contributed by atoms with van der Waals surface area (Å²) in [7, 11) is -3.06. The number of fused-ring (bicyclic) bond motifs is 1. The van der Waals surface area contributed by atoms with Crippen LogP contribution in [-0.2, 0) is 21.1 Å². The Labute approximate surface area is 228 Å². The monoisotopic (exact) mass is 582 g/mol. The number of likely N-dealkylation sites (tertiary alicyclic amines) is 1. The molecular formula is C26H29F3N4O4S2. The second-order valence-corrected chi connectivity index (χ2v) is 13.3. The van der Waals surface area contributed by atoms with E-state index in [1.54, 1.807) is 16.2 Å². The number of carbonyl (C=O) groups excluding carboxylic acids is 1. The molecule has 0 bridgehead atoms. The van der Waals surface area contributed by atoms with Gasteiger partial charge in [0.15, 0.2) is 0 Å². The lowest BCUT2D eigenvalue weighted by Crippen LogP contribution is -2.39. The van der Waals surface area contributed by atoms with Crippen molar-refractivity contribution in [3.05, 3.63) is 47.3 Å². The number of pyridine rings is 1. The molecule has 8 nitrogen and oxygen atoms in total. The van der Waals surface area contributed by atoms with Gasteiger partial charge in [0.2, 0.25) is 5.91 Å². The van der Waals surface area contributed by atoms with Crippen molar-refractivity contribution in [3.8, 4) is 5.75 Å². The number of thiophene rings is 1. The van der Waals surface area contributed by atoms with Gasteiger partial charge in [-0.1, -0.05) is 12.1 Å². The van der Waals surface area contributed by atoms with E-state index in [0.29, 0.717) is 50.4 Å². The van der Waals surface area contributed by atoms with Crippen molar-refractivity contribution in [2.45, 2.75) is 43.3 Å². The van der Waals surface area contributed by atoms with Gasteiger partial charge in [0.1, 0.15) is 21.4 Å². The van der Waals surface area contributed by atoms with Crippen LogP contribution in [0.2, 0.25) is 0 Å². The molecule has 5 rings (SSSR count). The number of ether oxygens (including phenoxy) is 1. The number of rotatable bonds is 7. The predicted octanol–water partition coefficient (Wildman–Crippen LogP) is 4.46. The fourth-order valence-corrected chi connectivity index (χ4v) is 7.13. The lowest BCUT2D eigenvalue weighted by Gasteiger charge is -2.33. The number of amides is 1. The van der Waals surface area contributed by atoms with Crippen LogP contribution in [0.15, 0.2) is 41.8 Å². The molecule has 210 valence electrons. The Kier molecular flexibility index (Phi) is 7.64. The summed E-state index contributed by atoms with van der Waals surface area (Å²) in [6, 6.07) is 9.32. The number of sulfone groups is 1. The number of piperidine rings is 1. The zero-order valence-corrected chi connectivity index (χ0v) is 22.9. The molecule has 2 saturated heterocycles. The maximum atomic E-state index is 12.8. The van der Waals surface area contributed by atoms with Crippen molar-refractivity contribution in [2.75, 3.05) is 42.7 Å². The van der Waals surface area contributed by atoms with Crippen LogP contribution < -0.4 is 15.0 Å². The van der Waals surface area contributed by atoms with Gasteiger partial charge in [-0.3, -0.25) is 4.79 Å². The van der Waals surface area contributed by atoms with Crippen LogP contribution in [0.25, 0.3) is 10.2 Å². The molecule has 1 aromatic carbocycles. The van der Waals surface area contributed by atoms with Crippen molar-refractivity contribution in [1.29, 1.82) is 0 Å². The molecule has 1 amide bonds. The molecule has 2 fully saturated rings. The summed E-state index contributed by atoms with van der Waals surface area (Å²) in [5, 5.41) is 5.15. The zero-order valence-electron chi connectivity index (χ0n) is 21.3. The normalized spacial score (nSPS) is 19.0. The lowest BCUT2D eigenvalue weighted by atomic mass is 10.1. The average molecular weight is 583 g/mol. The van der Waals surface area contributed by atoms with Crippen molar-refractivity contribution in [3.63, 3.8) is 0 Å². The molecule has 2 aromatic heterocycles. The molecule has 3 aromatic rings. The van der Waals surface area contributed by atoms with Crippen LogP contribution in [0.5, 0.6) is 5.75 Å². The minimum atomic E-state index is -4.76. The Hall–Kier alpha value is -3.06. The van der Waals surface area contributed by atoms with E-state index in [1.165, 1.54) is 30.5 Å². The maximum Gasteiger partial charge on any atom is 0.573 e. The van der Waals surface area contributed by atoms with Gasteiger partial charge in [-0.05, 0) is 48.4 Å². The van der Waals surface area contributed by atoms with Gasteiger partial charge in [-0.25, -0.2) is 13.4 Å². The van der Waals surface area contributed by atoms with E-state index in [0.717, 1.165) is 22.3 Å². The highest BCUT2D eigenvalue weighted by molar-refractivity contribution is 7.91. The Morgan fingerprint density at radius 3 is 2.51 bits per heavy atom. The predicted molar refractivity (Wildman–Crippen MR) is 145 cm³/mol. The Morgan fingerprint density at radius 2 is 1.85 bits per heavy atom. The second kappa shape index (κ2) is 10.8. The molecule has 0 spiro atoms. The van der Waals surface area contributed by atoms with Gasteiger partial charge < -0.3 is 19.9 Å². The fourth-order valence-electron chi connectivity index (χ4n) is 5.18. The van der Waals surface area contributed by atoms with Gasteiger partial charge in [-0.2, -0.15) is 0 Å². The van der Waals surface area contributed by atoms with Gasteiger partial charge >= 0.3 is 6.36 Å². The van der Waals surface area contributed by atoms with Crippen LogP contribution in [-0.4, -0.2) is 74.3 Å². The Balaban J connectivity index is 1.20. The summed E-state index contributed by atoms with van der Waals surface area (Å²) < 4.78 is 66.0. The van der Waals surface area contributed by atoms with Crippen molar-refractivity contribution < 1.29 is 31.1 Å². The molecule has 1 N–H and O–H groups in total. The van der Waals surface area contributed by atoms with Crippen molar-refractivity contribution >= 4 is 48.8 Å². The van der Waals surface area contributed by atoms with E-state index in [1.807, 2.05) is 17.5 Å². The summed E-state index contributed by atoms with van der Waals surface area (Å²) in [5.41, 5.74) is 2.52. The highest BCUT2D eigenvalue weighted by Crippen LogP contribution is 2.35. The number of hydrogen-bond acceptors (Lipinski definition) is 8. The van der Waals surface area contributed by atoms with Crippen LogP contribution in [0, 0.1) is 0 Å². The summed E-state index contributed by atoms with van der Waals surface area (Å²) in [6.45, 7) is 2.37. The largest absolute Gasteiger partial charge is 0.573 e. The van der Waals surface area contributed by atoms with Gasteiger partial charge in [0.25, 0.3) is 0 Å². The Morgan fingerprint density at radius 1 is 1.13 bits per heavy atom. The third-order valence-corrected chi connectivity index (χ3v) is 9.79. The SMILES string of the molecule is CS(=O)(=O)C1CCN(c2cc(NC3CCN(C(=O)Cc4ccc(OC(F)(F)F)cc4)C3)nc3ccsc23)CC1. The van der Waals surface area contributed by atoms with Crippen LogP contribution in [0.4, 0.5) is 24.7 Å². The van der Waals surface area contributed by atoms with E-state index < -0.39 is 16.2 Å². The molecule has 4 heterocycles. The van der Waals surface area contributed by atoms with E-state index in [2.05, 4.69) is 15.0 Å². The molecule has 0 radical (unpaired) electrons. The van der Waals surface area contributed by atoms with Crippen LogP contribution in [0.3, 0.4) is 0 Å². The molecule has 13 heteroatoms. The minimum Gasteiger partial charge on any atom is -0.406 e. The fraction of sp³-hybridized carbons (Fsp3) is 0.462. The standard InChI is InChI=1S/C26H29F3N4O4S2/c1-39(35,36)20-7-11-32(12-8-20)22-15-23(31-21-9-13-38-25(21)22)30-18-6-10-33(16-18)24(34)14-17-2-4-19(5-3-17)37-26(27,28)29/h2-5,9,13,15,18,20H,6-8,10-12,14,16H2,1H3,(H,30,31). The first-order chi connectivity index (χ1) is 18.4. The number of carbonyl (C=O) groups is 1. The zero-order chi connectivity index (χ0) is 27.8. The van der Waals surface area contributed by atoms with Gasteiger partial charge in [0.05, 0.1) is 27.6 Å². The van der Waals surface area contributed by atoms with Crippen LogP contribution >= 0.6 is 11.3 Å². The first-order valence-corrected chi connectivity index (χ1v) is 15.5. The molecule has 0 saturated carbocycles. The number of anilines is 2. The Bertz CT molecular complexity index is 1440. The number of hydrogen-bond donors (Lipinski definition) is 1. The van der Waals surface area contributed by atoms with Crippen LogP contribution in [0.1, 0.15) is 24.8 Å². The van der Waals surface area contributed by atoms with Crippen molar-refractivity contribution in [1.82, 2.24) is 9.88 Å². The maximum absolute atomic E-state index is 12.8. The van der Waals surface area contributed by atoms with Crippen molar-refractivity contribution in [2.24, 2.45) is 0 Å². The summed E-state index contributed by atoms with van der Waals surface area (Å²) in [4.78, 5) is 21.6. The molecule has 0 aliphatic carbocycles. The average Bonchev–Trinajstić information content (AvgIpc) is 3.53.